The number of ether oxygens (including phenoxy) is 1. The molecule has 0 unspecified atom stereocenters. The number of amides is 1. The SMILES string of the molecule is Cn1c(CN(CCN2CCOCC2)C(=O)c2ccccc2Cl)nc2ccccc21. The second-order valence-electron chi connectivity index (χ2n) is 7.24. The number of nitrogens with zero attached hydrogens (tertiary/aromatic N) is 4. The second kappa shape index (κ2) is 8.95. The third-order valence-corrected chi connectivity index (χ3v) is 5.72. The largest absolute Gasteiger partial charge is 0.379 e. The van der Waals surface area contributed by atoms with E-state index in [1.807, 2.05) is 48.3 Å². The van der Waals surface area contributed by atoms with Gasteiger partial charge in [-0.25, -0.2) is 4.98 Å². The van der Waals surface area contributed by atoms with Crippen molar-refractivity contribution >= 4 is 28.5 Å². The van der Waals surface area contributed by atoms with E-state index in [4.69, 9.17) is 21.3 Å². The maximum atomic E-state index is 13.3. The summed E-state index contributed by atoms with van der Waals surface area (Å²) >= 11 is 6.32. The molecule has 152 valence electrons. The van der Waals surface area contributed by atoms with Gasteiger partial charge in [0.2, 0.25) is 0 Å². The number of aryl methyl sites for hydroxylation is 1. The van der Waals surface area contributed by atoms with Gasteiger partial charge in [-0.05, 0) is 24.3 Å². The first kappa shape index (κ1) is 19.9. The standard InChI is InChI=1S/C22H25ClN4O2/c1-25-20-9-5-4-8-19(20)24-21(25)16-27(11-10-26-12-14-29-15-13-26)22(28)17-6-2-3-7-18(17)23/h2-9H,10-16H2,1H3. The number of hydrogen-bond acceptors (Lipinski definition) is 4. The molecule has 0 N–H and O–H groups in total. The fraction of sp³-hybridized carbons (Fsp3) is 0.364. The van der Waals surface area contributed by atoms with Crippen molar-refractivity contribution in [2.24, 2.45) is 7.05 Å². The second-order valence-corrected chi connectivity index (χ2v) is 7.64. The highest BCUT2D eigenvalue weighted by Crippen LogP contribution is 2.20. The number of carbonyl (C=O) groups excluding carboxylic acids is 1. The van der Waals surface area contributed by atoms with E-state index in [2.05, 4.69) is 9.47 Å². The predicted octanol–water partition coefficient (Wildman–Crippen LogP) is 3.20. The van der Waals surface area contributed by atoms with Gasteiger partial charge in [-0.3, -0.25) is 9.69 Å². The number of hydrogen-bond donors (Lipinski definition) is 0. The van der Waals surface area contributed by atoms with Gasteiger partial charge in [0.1, 0.15) is 5.82 Å². The molecule has 2 heterocycles. The van der Waals surface area contributed by atoms with Crippen LogP contribution in [0, 0.1) is 0 Å². The molecule has 0 spiro atoms. The predicted molar refractivity (Wildman–Crippen MR) is 114 cm³/mol. The van der Waals surface area contributed by atoms with E-state index in [-0.39, 0.29) is 5.91 Å². The molecule has 6 nitrogen and oxygen atoms in total. The number of imidazole rings is 1. The minimum atomic E-state index is -0.0732. The lowest BCUT2D eigenvalue weighted by Gasteiger charge is -2.30. The number of benzene rings is 2. The van der Waals surface area contributed by atoms with Crippen LogP contribution in [0.15, 0.2) is 48.5 Å². The van der Waals surface area contributed by atoms with Gasteiger partial charge >= 0.3 is 0 Å². The quantitative estimate of drug-likeness (QED) is 0.624. The van der Waals surface area contributed by atoms with Gasteiger partial charge in [-0.15, -0.1) is 0 Å². The van der Waals surface area contributed by atoms with Crippen molar-refractivity contribution in [3.8, 4) is 0 Å². The lowest BCUT2D eigenvalue weighted by molar-refractivity contribution is 0.0318. The summed E-state index contributed by atoms with van der Waals surface area (Å²) in [7, 11) is 1.99. The maximum Gasteiger partial charge on any atom is 0.255 e. The molecule has 0 atom stereocenters. The first-order chi connectivity index (χ1) is 14.1. The highest BCUT2D eigenvalue weighted by Gasteiger charge is 2.22. The van der Waals surface area contributed by atoms with Crippen LogP contribution in [0.25, 0.3) is 11.0 Å². The smallest absolute Gasteiger partial charge is 0.255 e. The summed E-state index contributed by atoms with van der Waals surface area (Å²) in [5.41, 5.74) is 2.51. The molecule has 29 heavy (non-hydrogen) atoms. The number of halogens is 1. The van der Waals surface area contributed by atoms with Crippen molar-refractivity contribution in [1.82, 2.24) is 19.4 Å². The summed E-state index contributed by atoms with van der Waals surface area (Å²) in [6.45, 7) is 5.09. The van der Waals surface area contributed by atoms with E-state index in [0.29, 0.717) is 23.7 Å². The third-order valence-electron chi connectivity index (χ3n) is 5.39. The van der Waals surface area contributed by atoms with E-state index >= 15 is 0 Å². The van der Waals surface area contributed by atoms with Crippen LogP contribution in [-0.2, 0) is 18.3 Å². The lowest BCUT2D eigenvalue weighted by Crippen LogP contribution is -2.43. The molecule has 1 fully saturated rings. The molecule has 1 aliphatic rings. The van der Waals surface area contributed by atoms with Crippen molar-refractivity contribution in [2.45, 2.75) is 6.54 Å². The van der Waals surface area contributed by atoms with Crippen LogP contribution in [0.1, 0.15) is 16.2 Å². The molecule has 1 amide bonds. The van der Waals surface area contributed by atoms with Crippen LogP contribution >= 0.6 is 11.6 Å². The van der Waals surface area contributed by atoms with Crippen LogP contribution < -0.4 is 0 Å². The topological polar surface area (TPSA) is 50.6 Å². The Morgan fingerprint density at radius 1 is 1.14 bits per heavy atom. The van der Waals surface area contributed by atoms with Gasteiger partial charge in [-0.1, -0.05) is 35.9 Å². The van der Waals surface area contributed by atoms with Crippen LogP contribution in [0.2, 0.25) is 5.02 Å². The zero-order valence-corrected chi connectivity index (χ0v) is 17.3. The normalized spacial score (nSPS) is 15.0. The third kappa shape index (κ3) is 4.45. The fourth-order valence-corrected chi connectivity index (χ4v) is 3.87. The molecule has 0 radical (unpaired) electrons. The van der Waals surface area contributed by atoms with Crippen molar-refractivity contribution < 1.29 is 9.53 Å². The lowest BCUT2D eigenvalue weighted by atomic mass is 10.2. The fourth-order valence-electron chi connectivity index (χ4n) is 3.65. The number of rotatable bonds is 6. The Kier molecular flexibility index (Phi) is 6.13. The number of fused-ring (bicyclic) bond motifs is 1. The highest BCUT2D eigenvalue weighted by atomic mass is 35.5. The van der Waals surface area contributed by atoms with Crippen molar-refractivity contribution in [3.63, 3.8) is 0 Å². The van der Waals surface area contributed by atoms with Crippen molar-refractivity contribution in [1.29, 1.82) is 0 Å². The number of para-hydroxylation sites is 2. The Morgan fingerprint density at radius 2 is 1.86 bits per heavy atom. The van der Waals surface area contributed by atoms with Gasteiger partial charge in [0, 0.05) is 33.2 Å². The zero-order chi connectivity index (χ0) is 20.2. The summed E-state index contributed by atoms with van der Waals surface area (Å²) < 4.78 is 7.48. The average molecular weight is 413 g/mol. The number of carbonyl (C=O) groups is 1. The van der Waals surface area contributed by atoms with E-state index in [1.54, 1.807) is 12.1 Å². The van der Waals surface area contributed by atoms with Gasteiger partial charge in [0.15, 0.2) is 0 Å². The first-order valence-electron chi connectivity index (χ1n) is 9.88. The molecule has 4 rings (SSSR count). The average Bonchev–Trinajstić information content (AvgIpc) is 3.07. The van der Waals surface area contributed by atoms with Crippen LogP contribution in [0.5, 0.6) is 0 Å². The molecule has 1 aromatic heterocycles. The van der Waals surface area contributed by atoms with Crippen LogP contribution in [-0.4, -0.2) is 64.7 Å². The summed E-state index contributed by atoms with van der Waals surface area (Å²) in [5, 5.41) is 0.471. The Bertz CT molecular complexity index is 997. The summed E-state index contributed by atoms with van der Waals surface area (Å²) in [6.07, 6.45) is 0. The minimum absolute atomic E-state index is 0.0732. The molecule has 7 heteroatoms. The molecule has 1 aliphatic heterocycles. The van der Waals surface area contributed by atoms with Crippen LogP contribution in [0.4, 0.5) is 0 Å². The Labute approximate surface area is 175 Å². The summed E-state index contributed by atoms with van der Waals surface area (Å²) in [6, 6.07) is 15.2. The van der Waals surface area contributed by atoms with Gasteiger partial charge in [0.25, 0.3) is 5.91 Å². The van der Waals surface area contributed by atoms with Crippen molar-refractivity contribution in [2.75, 3.05) is 39.4 Å². The first-order valence-corrected chi connectivity index (χ1v) is 10.3. The number of morpholine rings is 1. The van der Waals surface area contributed by atoms with Crippen molar-refractivity contribution in [3.05, 3.63) is 64.9 Å². The molecule has 1 saturated heterocycles. The zero-order valence-electron chi connectivity index (χ0n) is 16.6. The van der Waals surface area contributed by atoms with Crippen LogP contribution in [0.3, 0.4) is 0 Å². The molecular weight excluding hydrogens is 388 g/mol. The summed E-state index contributed by atoms with van der Waals surface area (Å²) in [4.78, 5) is 22.2. The monoisotopic (exact) mass is 412 g/mol. The molecule has 0 saturated carbocycles. The molecule has 3 aromatic rings. The molecule has 0 bridgehead atoms. The Balaban J connectivity index is 1.58. The van der Waals surface area contributed by atoms with Gasteiger partial charge in [0.05, 0.1) is 41.4 Å². The molecule has 2 aromatic carbocycles. The summed E-state index contributed by atoms with van der Waals surface area (Å²) in [5.74, 6) is 0.782. The van der Waals surface area contributed by atoms with Gasteiger partial charge in [-0.2, -0.15) is 0 Å². The molecular formula is C22H25ClN4O2. The van der Waals surface area contributed by atoms with E-state index < -0.39 is 0 Å². The Morgan fingerprint density at radius 3 is 2.62 bits per heavy atom. The highest BCUT2D eigenvalue weighted by molar-refractivity contribution is 6.33. The molecule has 0 aliphatic carbocycles. The number of aromatic nitrogens is 2. The maximum absolute atomic E-state index is 13.3. The van der Waals surface area contributed by atoms with E-state index in [0.717, 1.165) is 49.7 Å². The van der Waals surface area contributed by atoms with E-state index in [9.17, 15) is 4.79 Å². The Hall–Kier alpha value is -2.41. The minimum Gasteiger partial charge on any atom is -0.379 e. The van der Waals surface area contributed by atoms with Gasteiger partial charge < -0.3 is 14.2 Å². The van der Waals surface area contributed by atoms with E-state index in [1.165, 1.54) is 0 Å².